The highest BCUT2D eigenvalue weighted by molar-refractivity contribution is 6.04. The van der Waals surface area contributed by atoms with Crippen molar-refractivity contribution in [1.82, 2.24) is 9.97 Å². The third kappa shape index (κ3) is 4.41. The second-order valence-electron chi connectivity index (χ2n) is 10.8. The first-order chi connectivity index (χ1) is 19.8. The molecule has 5 heterocycles. The molecule has 0 radical (unpaired) electrons. The molecule has 0 spiro atoms. The lowest BCUT2D eigenvalue weighted by molar-refractivity contribution is -0.155. The monoisotopic (exact) mass is 555 g/mol. The normalized spacial score (nSPS) is 19.8. The molecular weight excluding hydrogens is 526 g/mol. The summed E-state index contributed by atoms with van der Waals surface area (Å²) in [4.78, 5) is 49.7. The number of hydrogen-bond donors (Lipinski definition) is 1. The molecule has 41 heavy (non-hydrogen) atoms. The van der Waals surface area contributed by atoms with Crippen LogP contribution in [0.25, 0.3) is 11.1 Å². The molecule has 1 atom stereocenters. The van der Waals surface area contributed by atoms with Crippen LogP contribution in [0.1, 0.15) is 51.2 Å². The standard InChI is InChI=1S/C30H29N5O6/c1-17-22-14-26(31-16-23(22)21-6-5-20(13-25(21)40-17)34-9-3-4-27(34)37)33-19-12-24-28(32-15-19)39-11-10-35(24)29(38)30(7-8-30)41-18(2)36/h5-6,12-17H,3-4,7-11H2,1-2H3,(H,31,33). The molecule has 11 heteroatoms. The molecule has 3 aliphatic heterocycles. The molecule has 2 amide bonds. The number of hydrogen-bond acceptors (Lipinski definition) is 9. The Morgan fingerprint density at radius 2 is 1.95 bits per heavy atom. The van der Waals surface area contributed by atoms with Crippen LogP contribution in [-0.2, 0) is 19.1 Å². The fourth-order valence-corrected chi connectivity index (χ4v) is 5.80. The molecule has 1 saturated heterocycles. The zero-order chi connectivity index (χ0) is 28.3. The van der Waals surface area contributed by atoms with Gasteiger partial charge in [0.15, 0.2) is 5.60 Å². The van der Waals surface area contributed by atoms with Gasteiger partial charge in [-0.05, 0) is 37.6 Å². The van der Waals surface area contributed by atoms with Crippen molar-refractivity contribution >= 4 is 40.7 Å². The van der Waals surface area contributed by atoms with Crippen LogP contribution >= 0.6 is 0 Å². The molecule has 11 nitrogen and oxygen atoms in total. The van der Waals surface area contributed by atoms with E-state index in [-0.39, 0.29) is 17.9 Å². The number of amides is 2. The van der Waals surface area contributed by atoms with Crippen molar-refractivity contribution in [3.05, 3.63) is 48.3 Å². The lowest BCUT2D eigenvalue weighted by Gasteiger charge is -2.31. The van der Waals surface area contributed by atoms with Gasteiger partial charge < -0.3 is 29.3 Å². The molecule has 2 fully saturated rings. The highest BCUT2D eigenvalue weighted by Crippen LogP contribution is 2.46. The number of carbonyl (C=O) groups is 3. The van der Waals surface area contributed by atoms with Gasteiger partial charge in [0.1, 0.15) is 30.0 Å². The van der Waals surface area contributed by atoms with Gasteiger partial charge in [-0.3, -0.25) is 14.4 Å². The second-order valence-corrected chi connectivity index (χ2v) is 10.8. The van der Waals surface area contributed by atoms with Crippen molar-refractivity contribution < 1.29 is 28.6 Å². The Balaban J connectivity index is 1.14. The summed E-state index contributed by atoms with van der Waals surface area (Å²) in [5.74, 6) is 1.08. The van der Waals surface area contributed by atoms with E-state index >= 15 is 0 Å². The van der Waals surface area contributed by atoms with Gasteiger partial charge in [-0.2, -0.15) is 0 Å². The van der Waals surface area contributed by atoms with Crippen LogP contribution in [0.5, 0.6) is 11.6 Å². The minimum absolute atomic E-state index is 0.138. The van der Waals surface area contributed by atoms with E-state index < -0.39 is 11.6 Å². The average Bonchev–Trinajstić information content (AvgIpc) is 3.61. The number of fused-ring (bicyclic) bond motifs is 4. The average molecular weight is 556 g/mol. The smallest absolute Gasteiger partial charge is 0.303 e. The molecule has 2 aromatic heterocycles. The van der Waals surface area contributed by atoms with Gasteiger partial charge in [0.2, 0.25) is 11.8 Å². The van der Waals surface area contributed by atoms with E-state index in [1.807, 2.05) is 42.3 Å². The molecular formula is C30H29N5O6. The molecule has 1 aromatic carbocycles. The minimum Gasteiger partial charge on any atom is -0.485 e. The molecule has 210 valence electrons. The quantitative estimate of drug-likeness (QED) is 0.459. The molecule has 1 N–H and O–H groups in total. The van der Waals surface area contributed by atoms with Crippen LogP contribution in [0.4, 0.5) is 22.9 Å². The number of rotatable bonds is 5. The Kier molecular flexibility index (Phi) is 5.84. The molecule has 1 saturated carbocycles. The fourth-order valence-electron chi connectivity index (χ4n) is 5.80. The van der Waals surface area contributed by atoms with E-state index in [9.17, 15) is 14.4 Å². The predicted octanol–water partition coefficient (Wildman–Crippen LogP) is 4.29. The number of anilines is 4. The second kappa shape index (κ2) is 9.46. The molecule has 3 aromatic rings. The first-order valence-corrected chi connectivity index (χ1v) is 13.8. The molecule has 4 aliphatic rings. The lowest BCUT2D eigenvalue weighted by atomic mass is 9.94. The third-order valence-corrected chi connectivity index (χ3v) is 7.95. The van der Waals surface area contributed by atoms with E-state index in [2.05, 4.69) is 15.3 Å². The topological polar surface area (TPSA) is 123 Å². The molecule has 1 unspecified atom stereocenters. The number of benzene rings is 1. The van der Waals surface area contributed by atoms with E-state index in [1.165, 1.54) is 6.92 Å². The van der Waals surface area contributed by atoms with Crippen molar-refractivity contribution in [3.8, 4) is 22.8 Å². The Hall–Kier alpha value is -4.67. The van der Waals surface area contributed by atoms with Crippen LogP contribution < -0.4 is 24.6 Å². The largest absolute Gasteiger partial charge is 0.485 e. The number of ether oxygens (including phenoxy) is 3. The first kappa shape index (κ1) is 25.3. The van der Waals surface area contributed by atoms with Gasteiger partial charge in [0.25, 0.3) is 5.91 Å². The minimum atomic E-state index is -1.10. The van der Waals surface area contributed by atoms with Crippen molar-refractivity contribution in [2.24, 2.45) is 0 Å². The van der Waals surface area contributed by atoms with Gasteiger partial charge in [-0.25, -0.2) is 9.97 Å². The highest BCUT2D eigenvalue weighted by atomic mass is 16.6. The van der Waals surface area contributed by atoms with Crippen LogP contribution in [0, 0.1) is 0 Å². The van der Waals surface area contributed by atoms with Crippen molar-refractivity contribution in [2.45, 2.75) is 51.2 Å². The predicted molar refractivity (Wildman–Crippen MR) is 149 cm³/mol. The molecule has 7 rings (SSSR count). The Morgan fingerprint density at radius 1 is 1.10 bits per heavy atom. The van der Waals surface area contributed by atoms with E-state index in [4.69, 9.17) is 14.2 Å². The van der Waals surface area contributed by atoms with Crippen molar-refractivity contribution in [1.29, 1.82) is 0 Å². The summed E-state index contributed by atoms with van der Waals surface area (Å²) in [6, 6.07) is 9.61. The summed E-state index contributed by atoms with van der Waals surface area (Å²) in [5, 5.41) is 3.29. The number of nitrogens with one attached hydrogen (secondary N) is 1. The maximum Gasteiger partial charge on any atom is 0.303 e. The van der Waals surface area contributed by atoms with Gasteiger partial charge in [0.05, 0.1) is 18.4 Å². The summed E-state index contributed by atoms with van der Waals surface area (Å²) < 4.78 is 17.4. The third-order valence-electron chi connectivity index (χ3n) is 7.95. The van der Waals surface area contributed by atoms with Gasteiger partial charge >= 0.3 is 5.97 Å². The summed E-state index contributed by atoms with van der Waals surface area (Å²) in [6.07, 6.45) is 5.66. The van der Waals surface area contributed by atoms with Crippen LogP contribution in [0.2, 0.25) is 0 Å². The lowest BCUT2D eigenvalue weighted by Crippen LogP contribution is -2.46. The van der Waals surface area contributed by atoms with Crippen molar-refractivity contribution in [2.75, 3.05) is 34.8 Å². The van der Waals surface area contributed by atoms with Gasteiger partial charge in [0, 0.05) is 67.4 Å². The fraction of sp³-hybridized carbons (Fsp3) is 0.367. The number of nitrogens with zero attached hydrogens (tertiary/aromatic N) is 4. The number of carbonyl (C=O) groups excluding carboxylic acids is 3. The summed E-state index contributed by atoms with van der Waals surface area (Å²) in [5.41, 5.74) is 3.77. The van der Waals surface area contributed by atoms with E-state index in [0.717, 1.165) is 41.1 Å². The number of esters is 1. The van der Waals surface area contributed by atoms with E-state index in [1.54, 1.807) is 17.2 Å². The summed E-state index contributed by atoms with van der Waals surface area (Å²) >= 11 is 0. The van der Waals surface area contributed by atoms with Gasteiger partial charge in [-0.1, -0.05) is 0 Å². The zero-order valence-electron chi connectivity index (χ0n) is 22.8. The Morgan fingerprint density at radius 3 is 2.71 bits per heavy atom. The van der Waals surface area contributed by atoms with E-state index in [0.29, 0.717) is 55.5 Å². The maximum atomic E-state index is 13.4. The number of pyridine rings is 2. The Labute approximate surface area is 236 Å². The molecule has 1 aliphatic carbocycles. The zero-order valence-corrected chi connectivity index (χ0v) is 22.8. The van der Waals surface area contributed by atoms with Crippen molar-refractivity contribution in [3.63, 3.8) is 0 Å². The highest BCUT2D eigenvalue weighted by Gasteiger charge is 2.56. The van der Waals surface area contributed by atoms with Crippen LogP contribution in [0.3, 0.4) is 0 Å². The molecule has 0 bridgehead atoms. The van der Waals surface area contributed by atoms with Gasteiger partial charge in [-0.15, -0.1) is 0 Å². The summed E-state index contributed by atoms with van der Waals surface area (Å²) in [6.45, 7) is 4.66. The van der Waals surface area contributed by atoms with Crippen LogP contribution in [0.15, 0.2) is 42.7 Å². The van der Waals surface area contributed by atoms with Crippen LogP contribution in [-0.4, -0.2) is 53.0 Å². The maximum absolute atomic E-state index is 13.4. The SMILES string of the molecule is CC(=O)OC1(C(=O)N2CCOc3ncc(Nc4cc5c(cn4)-c4ccc(N6CCCC6=O)cc4OC5C)cc32)CC1. The number of aromatic nitrogens is 2. The summed E-state index contributed by atoms with van der Waals surface area (Å²) in [7, 11) is 0. The Bertz CT molecular complexity index is 1600. The first-order valence-electron chi connectivity index (χ1n) is 13.8.